The molecule has 0 atom stereocenters. The Kier molecular flexibility index (Phi) is 5.04. The van der Waals surface area contributed by atoms with E-state index in [2.05, 4.69) is 10.3 Å². The van der Waals surface area contributed by atoms with Crippen molar-refractivity contribution >= 4 is 5.91 Å². The number of aromatic nitrogens is 2. The van der Waals surface area contributed by atoms with Crippen molar-refractivity contribution < 1.29 is 4.79 Å². The van der Waals surface area contributed by atoms with Gasteiger partial charge in [0.15, 0.2) is 0 Å². The molecule has 0 bridgehead atoms. The number of nitrogens with one attached hydrogen (secondary N) is 1. The van der Waals surface area contributed by atoms with Gasteiger partial charge in [-0.15, -0.1) is 0 Å². The monoisotopic (exact) mass is 333 g/mol. The highest BCUT2D eigenvalue weighted by atomic mass is 16.1. The fourth-order valence-electron chi connectivity index (χ4n) is 2.54. The lowest BCUT2D eigenvalue weighted by Crippen LogP contribution is -2.30. The Labute approximate surface area is 146 Å². The zero-order chi connectivity index (χ0) is 17.6. The molecular weight excluding hydrogens is 314 g/mol. The number of hydrogen-bond donors (Lipinski definition) is 1. The van der Waals surface area contributed by atoms with Crippen LogP contribution in [0.1, 0.15) is 15.9 Å². The molecule has 0 saturated heterocycles. The number of carbonyl (C=O) groups excluding carboxylic acids is 1. The second-order valence-electron chi connectivity index (χ2n) is 5.80. The van der Waals surface area contributed by atoms with Gasteiger partial charge in [0, 0.05) is 30.3 Å². The lowest BCUT2D eigenvalue weighted by atomic mass is 10.1. The second-order valence-corrected chi connectivity index (χ2v) is 5.80. The van der Waals surface area contributed by atoms with E-state index in [4.69, 9.17) is 0 Å². The maximum absolute atomic E-state index is 12.2. The van der Waals surface area contributed by atoms with Crippen molar-refractivity contribution in [2.24, 2.45) is 0 Å². The van der Waals surface area contributed by atoms with Gasteiger partial charge in [0.05, 0.1) is 12.0 Å². The molecule has 2 aromatic carbocycles. The molecule has 0 spiro atoms. The first-order valence-corrected chi connectivity index (χ1v) is 8.10. The van der Waals surface area contributed by atoms with Crippen molar-refractivity contribution in [3.8, 4) is 11.3 Å². The third kappa shape index (κ3) is 4.20. The Morgan fingerprint density at radius 3 is 2.60 bits per heavy atom. The van der Waals surface area contributed by atoms with Crippen LogP contribution in [0.5, 0.6) is 0 Å². The Bertz CT molecular complexity index is 933. The summed E-state index contributed by atoms with van der Waals surface area (Å²) in [6.45, 7) is 2.67. The molecule has 5 nitrogen and oxygen atoms in total. The van der Waals surface area contributed by atoms with Crippen LogP contribution in [0.15, 0.2) is 71.8 Å². The van der Waals surface area contributed by atoms with Gasteiger partial charge in [0.1, 0.15) is 0 Å². The maximum atomic E-state index is 12.2. The summed E-state index contributed by atoms with van der Waals surface area (Å²) in [7, 11) is 0. The predicted octanol–water partition coefficient (Wildman–Crippen LogP) is 2.65. The van der Waals surface area contributed by atoms with Crippen molar-refractivity contribution in [1.29, 1.82) is 0 Å². The molecule has 3 aromatic rings. The van der Waals surface area contributed by atoms with Crippen LogP contribution in [0.4, 0.5) is 0 Å². The first kappa shape index (κ1) is 16.6. The molecule has 3 rings (SSSR count). The Balaban J connectivity index is 1.62. The van der Waals surface area contributed by atoms with Crippen molar-refractivity contribution in [3.63, 3.8) is 0 Å². The molecule has 1 N–H and O–H groups in total. The highest BCUT2D eigenvalue weighted by Crippen LogP contribution is 2.13. The molecule has 5 heteroatoms. The average Bonchev–Trinajstić information content (AvgIpc) is 2.63. The zero-order valence-corrected chi connectivity index (χ0v) is 14.0. The van der Waals surface area contributed by atoms with E-state index >= 15 is 0 Å². The molecule has 0 unspecified atom stereocenters. The zero-order valence-electron chi connectivity index (χ0n) is 14.0. The topological polar surface area (TPSA) is 64.0 Å². The maximum Gasteiger partial charge on any atom is 0.253 e. The van der Waals surface area contributed by atoms with E-state index in [0.717, 1.165) is 11.1 Å². The minimum Gasteiger partial charge on any atom is -0.350 e. The molecule has 0 aliphatic heterocycles. The molecule has 1 amide bonds. The fourth-order valence-corrected chi connectivity index (χ4v) is 2.54. The van der Waals surface area contributed by atoms with Gasteiger partial charge in [-0.2, -0.15) is 0 Å². The van der Waals surface area contributed by atoms with Crippen LogP contribution in [0, 0.1) is 6.92 Å². The highest BCUT2D eigenvalue weighted by molar-refractivity contribution is 5.94. The first-order chi connectivity index (χ1) is 12.1. The molecule has 0 saturated carbocycles. The second kappa shape index (κ2) is 7.57. The van der Waals surface area contributed by atoms with Crippen LogP contribution in [0.2, 0.25) is 0 Å². The lowest BCUT2D eigenvalue weighted by molar-refractivity contribution is 0.0952. The van der Waals surface area contributed by atoms with Crippen LogP contribution in [0.25, 0.3) is 11.3 Å². The standard InChI is InChI=1S/C20H19N3O2/c1-15-6-5-9-17(12-15)20(25)21-10-11-23-14-22-18(13-19(23)24)16-7-3-2-4-8-16/h2-9,12-14H,10-11H2,1H3,(H,21,25). The van der Waals surface area contributed by atoms with E-state index in [1.165, 1.54) is 17.0 Å². The summed E-state index contributed by atoms with van der Waals surface area (Å²) in [6, 6.07) is 18.5. The summed E-state index contributed by atoms with van der Waals surface area (Å²) >= 11 is 0. The van der Waals surface area contributed by atoms with E-state index in [1.54, 1.807) is 6.07 Å². The van der Waals surface area contributed by atoms with Gasteiger partial charge in [0.25, 0.3) is 11.5 Å². The summed E-state index contributed by atoms with van der Waals surface area (Å²) in [5.74, 6) is -0.148. The fraction of sp³-hybridized carbons (Fsp3) is 0.150. The molecule has 25 heavy (non-hydrogen) atoms. The van der Waals surface area contributed by atoms with Gasteiger partial charge < -0.3 is 5.32 Å². The van der Waals surface area contributed by atoms with Gasteiger partial charge >= 0.3 is 0 Å². The largest absolute Gasteiger partial charge is 0.350 e. The third-order valence-electron chi connectivity index (χ3n) is 3.87. The van der Waals surface area contributed by atoms with Gasteiger partial charge in [-0.3, -0.25) is 14.2 Å². The molecule has 1 heterocycles. The number of rotatable bonds is 5. The number of benzene rings is 2. The van der Waals surface area contributed by atoms with Gasteiger partial charge in [0.2, 0.25) is 0 Å². The van der Waals surface area contributed by atoms with Crippen LogP contribution in [-0.4, -0.2) is 22.0 Å². The van der Waals surface area contributed by atoms with Crippen LogP contribution >= 0.6 is 0 Å². The van der Waals surface area contributed by atoms with Crippen molar-refractivity contribution in [2.45, 2.75) is 13.5 Å². The first-order valence-electron chi connectivity index (χ1n) is 8.10. The number of amides is 1. The summed E-state index contributed by atoms with van der Waals surface area (Å²) in [6.07, 6.45) is 1.52. The van der Waals surface area contributed by atoms with E-state index in [1.807, 2.05) is 55.5 Å². The van der Waals surface area contributed by atoms with Gasteiger partial charge in [-0.25, -0.2) is 4.98 Å². The predicted molar refractivity (Wildman–Crippen MR) is 97.4 cm³/mol. The average molecular weight is 333 g/mol. The molecule has 126 valence electrons. The summed E-state index contributed by atoms with van der Waals surface area (Å²) < 4.78 is 1.49. The van der Waals surface area contributed by atoms with E-state index in [9.17, 15) is 9.59 Å². The van der Waals surface area contributed by atoms with Crippen molar-refractivity contribution in [2.75, 3.05) is 6.54 Å². The number of aryl methyl sites for hydroxylation is 1. The van der Waals surface area contributed by atoms with Crippen LogP contribution in [0.3, 0.4) is 0 Å². The van der Waals surface area contributed by atoms with Gasteiger partial charge in [-0.05, 0) is 19.1 Å². The number of carbonyl (C=O) groups is 1. The molecule has 0 radical (unpaired) electrons. The normalized spacial score (nSPS) is 10.4. The smallest absolute Gasteiger partial charge is 0.253 e. The van der Waals surface area contributed by atoms with Crippen LogP contribution < -0.4 is 10.9 Å². The Morgan fingerprint density at radius 1 is 1.08 bits per heavy atom. The quantitative estimate of drug-likeness (QED) is 0.781. The number of nitrogens with zero attached hydrogens (tertiary/aromatic N) is 2. The van der Waals surface area contributed by atoms with E-state index < -0.39 is 0 Å². The van der Waals surface area contributed by atoms with E-state index in [0.29, 0.717) is 24.3 Å². The molecule has 0 fully saturated rings. The van der Waals surface area contributed by atoms with Gasteiger partial charge in [-0.1, -0.05) is 48.0 Å². The molecule has 1 aromatic heterocycles. The summed E-state index contributed by atoms with van der Waals surface area (Å²) in [4.78, 5) is 28.6. The molecular formula is C20H19N3O2. The summed E-state index contributed by atoms with van der Waals surface area (Å²) in [5, 5.41) is 2.82. The van der Waals surface area contributed by atoms with E-state index in [-0.39, 0.29) is 11.5 Å². The number of hydrogen-bond acceptors (Lipinski definition) is 3. The highest BCUT2D eigenvalue weighted by Gasteiger charge is 2.06. The lowest BCUT2D eigenvalue weighted by Gasteiger charge is -2.08. The summed E-state index contributed by atoms with van der Waals surface area (Å²) in [5.41, 5.74) is 3.05. The molecule has 0 aliphatic carbocycles. The van der Waals surface area contributed by atoms with Crippen LogP contribution in [-0.2, 0) is 6.54 Å². The van der Waals surface area contributed by atoms with Crippen molar-refractivity contribution in [3.05, 3.63) is 88.5 Å². The Morgan fingerprint density at radius 2 is 1.88 bits per heavy atom. The minimum absolute atomic E-state index is 0.140. The minimum atomic E-state index is -0.148. The van der Waals surface area contributed by atoms with Crippen molar-refractivity contribution in [1.82, 2.24) is 14.9 Å². The SMILES string of the molecule is Cc1cccc(C(=O)NCCn2cnc(-c3ccccc3)cc2=O)c1. The third-order valence-corrected chi connectivity index (χ3v) is 3.87. The molecule has 0 aliphatic rings. The Hall–Kier alpha value is -3.21.